The molecule has 168 valence electrons. The number of carbonyl (C=O) groups is 2. The Morgan fingerprint density at radius 3 is 2.32 bits per heavy atom. The number of esters is 1. The zero-order valence-electron chi connectivity index (χ0n) is 18.3. The summed E-state index contributed by atoms with van der Waals surface area (Å²) in [4.78, 5) is 24.9. The molecule has 34 heavy (non-hydrogen) atoms. The molecule has 0 unspecified atom stereocenters. The summed E-state index contributed by atoms with van der Waals surface area (Å²) in [6.07, 6.45) is 3.16. The Bertz CT molecular complexity index is 1340. The number of benzene rings is 4. The molecule has 4 aromatic carbocycles. The Hall–Kier alpha value is -4.71. The van der Waals surface area contributed by atoms with Gasteiger partial charge >= 0.3 is 5.97 Å². The molecule has 1 N–H and O–H groups in total. The maximum Gasteiger partial charge on any atom is 0.344 e. The van der Waals surface area contributed by atoms with Crippen LogP contribution in [0, 0.1) is 0 Å². The number of fused-ring (bicyclic) bond motifs is 1. The van der Waals surface area contributed by atoms with Gasteiger partial charge < -0.3 is 9.47 Å². The first-order chi connectivity index (χ1) is 16.6. The third-order valence-corrected chi connectivity index (χ3v) is 4.96. The van der Waals surface area contributed by atoms with Crippen LogP contribution in [0.4, 0.5) is 0 Å². The Morgan fingerprint density at radius 1 is 0.853 bits per heavy atom. The predicted molar refractivity (Wildman–Crippen MR) is 133 cm³/mol. The lowest BCUT2D eigenvalue weighted by Crippen LogP contribution is -2.17. The molecule has 0 atom stereocenters. The van der Waals surface area contributed by atoms with Crippen LogP contribution < -0.4 is 14.9 Å². The van der Waals surface area contributed by atoms with Gasteiger partial charge in [-0.1, -0.05) is 49.1 Å². The summed E-state index contributed by atoms with van der Waals surface area (Å²) in [5.41, 5.74) is 4.18. The van der Waals surface area contributed by atoms with Gasteiger partial charge in [0.05, 0.1) is 11.8 Å². The molecule has 1 amide bonds. The lowest BCUT2D eigenvalue weighted by atomic mass is 10.0. The molecular formula is C28H22N2O4. The summed E-state index contributed by atoms with van der Waals surface area (Å²) >= 11 is 0. The van der Waals surface area contributed by atoms with Crippen molar-refractivity contribution in [3.63, 3.8) is 0 Å². The molecule has 0 saturated heterocycles. The Balaban J connectivity index is 1.34. The van der Waals surface area contributed by atoms with Crippen molar-refractivity contribution in [1.82, 2.24) is 5.43 Å². The van der Waals surface area contributed by atoms with Gasteiger partial charge in [-0.25, -0.2) is 10.2 Å². The van der Waals surface area contributed by atoms with Crippen LogP contribution in [0.5, 0.6) is 11.5 Å². The molecule has 0 aromatic heterocycles. The summed E-state index contributed by atoms with van der Waals surface area (Å²) in [7, 11) is 0. The number of nitrogens with zero attached hydrogens (tertiary/aromatic N) is 1. The van der Waals surface area contributed by atoms with E-state index in [1.54, 1.807) is 60.7 Å². The number of hydrazone groups is 1. The van der Waals surface area contributed by atoms with Crippen LogP contribution in [0.2, 0.25) is 0 Å². The number of ether oxygens (including phenoxy) is 2. The summed E-state index contributed by atoms with van der Waals surface area (Å²) in [5.74, 6) is 0.303. The zero-order valence-corrected chi connectivity index (χ0v) is 18.3. The molecule has 0 aliphatic rings. The van der Waals surface area contributed by atoms with E-state index in [9.17, 15) is 9.59 Å². The van der Waals surface area contributed by atoms with Crippen LogP contribution >= 0.6 is 0 Å². The second-order valence-corrected chi connectivity index (χ2v) is 7.31. The van der Waals surface area contributed by atoms with E-state index in [2.05, 4.69) is 17.1 Å². The van der Waals surface area contributed by atoms with Gasteiger partial charge in [-0.05, 0) is 70.9 Å². The molecule has 4 aromatic rings. The number of amides is 1. The van der Waals surface area contributed by atoms with Crippen LogP contribution in [-0.4, -0.2) is 24.7 Å². The number of rotatable bonds is 8. The van der Waals surface area contributed by atoms with E-state index in [0.717, 1.165) is 16.3 Å². The lowest BCUT2D eigenvalue weighted by Gasteiger charge is -2.07. The smallest absolute Gasteiger partial charge is 0.344 e. The van der Waals surface area contributed by atoms with E-state index in [1.807, 2.05) is 36.4 Å². The molecular weight excluding hydrogens is 428 g/mol. The van der Waals surface area contributed by atoms with Gasteiger partial charge in [-0.15, -0.1) is 0 Å². The summed E-state index contributed by atoms with van der Waals surface area (Å²) in [5, 5.41) is 5.80. The van der Waals surface area contributed by atoms with E-state index < -0.39 is 5.97 Å². The highest BCUT2D eigenvalue weighted by Gasteiger charge is 2.12. The summed E-state index contributed by atoms with van der Waals surface area (Å²) in [6.45, 7) is 3.99. The SMILES string of the molecule is C=CCOc1ccc(C(=O)NN=Cc2ccc(OC(=O)c3cccc4ccccc34)cc2)cc1. The molecule has 4 rings (SSSR count). The number of carbonyl (C=O) groups excluding carboxylic acids is 2. The lowest BCUT2D eigenvalue weighted by molar-refractivity contribution is 0.0736. The topological polar surface area (TPSA) is 77.0 Å². The van der Waals surface area contributed by atoms with Crippen LogP contribution in [0.3, 0.4) is 0 Å². The Morgan fingerprint density at radius 2 is 1.56 bits per heavy atom. The van der Waals surface area contributed by atoms with Gasteiger partial charge in [0.2, 0.25) is 0 Å². The van der Waals surface area contributed by atoms with E-state index in [1.165, 1.54) is 6.21 Å². The normalized spacial score (nSPS) is 10.7. The summed E-state index contributed by atoms with van der Waals surface area (Å²) < 4.78 is 10.9. The van der Waals surface area contributed by atoms with Crippen molar-refractivity contribution in [2.45, 2.75) is 0 Å². The number of nitrogens with one attached hydrogen (secondary N) is 1. The van der Waals surface area contributed by atoms with Crippen molar-refractivity contribution in [2.24, 2.45) is 5.10 Å². The van der Waals surface area contributed by atoms with Crippen molar-refractivity contribution in [1.29, 1.82) is 0 Å². The minimum atomic E-state index is -0.425. The van der Waals surface area contributed by atoms with Gasteiger partial charge in [-0.3, -0.25) is 4.79 Å². The molecule has 0 heterocycles. The van der Waals surface area contributed by atoms with Gasteiger partial charge in [0.1, 0.15) is 18.1 Å². The Labute approximate surface area is 197 Å². The highest BCUT2D eigenvalue weighted by Crippen LogP contribution is 2.21. The largest absolute Gasteiger partial charge is 0.490 e. The second kappa shape index (κ2) is 10.7. The van der Waals surface area contributed by atoms with Gasteiger partial charge in [0.15, 0.2) is 0 Å². The first-order valence-corrected chi connectivity index (χ1v) is 10.6. The van der Waals surface area contributed by atoms with Crippen LogP contribution in [-0.2, 0) is 0 Å². The van der Waals surface area contributed by atoms with Crippen molar-refractivity contribution >= 4 is 28.9 Å². The molecule has 6 nitrogen and oxygen atoms in total. The average Bonchev–Trinajstić information content (AvgIpc) is 2.88. The maximum absolute atomic E-state index is 12.7. The fourth-order valence-electron chi connectivity index (χ4n) is 3.28. The zero-order chi connectivity index (χ0) is 23.8. The molecule has 6 heteroatoms. The molecule has 0 aliphatic heterocycles. The van der Waals surface area contributed by atoms with E-state index >= 15 is 0 Å². The van der Waals surface area contributed by atoms with Crippen molar-refractivity contribution in [2.75, 3.05) is 6.61 Å². The molecule has 0 spiro atoms. The second-order valence-electron chi connectivity index (χ2n) is 7.31. The monoisotopic (exact) mass is 450 g/mol. The molecule has 0 bridgehead atoms. The van der Waals surface area contributed by atoms with Crippen molar-refractivity contribution < 1.29 is 19.1 Å². The fraction of sp³-hybridized carbons (Fsp3) is 0.0357. The highest BCUT2D eigenvalue weighted by atomic mass is 16.5. The standard InChI is InChI=1S/C28H22N2O4/c1-2-18-33-23-16-12-22(13-17-23)27(31)30-29-19-20-10-14-24(15-11-20)34-28(32)26-9-5-7-21-6-3-4-8-25(21)26/h2-17,19H,1,18H2,(H,30,31). The molecule has 0 saturated carbocycles. The maximum atomic E-state index is 12.7. The first-order valence-electron chi connectivity index (χ1n) is 10.6. The fourth-order valence-corrected chi connectivity index (χ4v) is 3.28. The average molecular weight is 450 g/mol. The van der Waals surface area contributed by atoms with Crippen LogP contribution in [0.15, 0.2) is 109 Å². The number of hydrogen-bond acceptors (Lipinski definition) is 5. The minimum Gasteiger partial charge on any atom is -0.490 e. The third kappa shape index (κ3) is 5.55. The van der Waals surface area contributed by atoms with Crippen molar-refractivity contribution in [3.05, 3.63) is 120 Å². The first kappa shape index (κ1) is 22.5. The van der Waals surface area contributed by atoms with Gasteiger partial charge in [-0.2, -0.15) is 5.10 Å². The quantitative estimate of drug-likeness (QED) is 0.128. The Kier molecular flexibility index (Phi) is 7.10. The molecule has 0 fully saturated rings. The van der Waals surface area contributed by atoms with Gasteiger partial charge in [0, 0.05) is 5.56 Å². The van der Waals surface area contributed by atoms with E-state index in [-0.39, 0.29) is 5.91 Å². The van der Waals surface area contributed by atoms with Crippen LogP contribution in [0.1, 0.15) is 26.3 Å². The molecule has 0 aliphatic carbocycles. The minimum absolute atomic E-state index is 0.341. The van der Waals surface area contributed by atoms with Gasteiger partial charge in [0.25, 0.3) is 5.91 Å². The van der Waals surface area contributed by atoms with Crippen LogP contribution in [0.25, 0.3) is 10.8 Å². The van der Waals surface area contributed by atoms with Crippen molar-refractivity contribution in [3.8, 4) is 11.5 Å². The number of hydrogen-bond donors (Lipinski definition) is 1. The van der Waals surface area contributed by atoms with E-state index in [0.29, 0.717) is 29.2 Å². The molecule has 0 radical (unpaired) electrons. The summed E-state index contributed by atoms with van der Waals surface area (Å²) in [6, 6.07) is 26.8. The third-order valence-electron chi connectivity index (χ3n) is 4.96. The highest BCUT2D eigenvalue weighted by molar-refractivity contribution is 6.05. The predicted octanol–water partition coefficient (Wildman–Crippen LogP) is 5.39. The van der Waals surface area contributed by atoms with E-state index in [4.69, 9.17) is 9.47 Å².